The molecule has 0 saturated carbocycles. The van der Waals surface area contributed by atoms with E-state index in [1.165, 1.54) is 12.1 Å². The first-order valence-electron chi connectivity index (χ1n) is 6.61. The van der Waals surface area contributed by atoms with Crippen molar-refractivity contribution in [1.82, 2.24) is 10.3 Å². The highest BCUT2D eigenvalue weighted by molar-refractivity contribution is 5.94. The molecule has 0 unspecified atom stereocenters. The van der Waals surface area contributed by atoms with Crippen LogP contribution in [0.4, 0.5) is 4.39 Å². The molecule has 0 atom stereocenters. The molecule has 1 N–H and O–H groups in total. The van der Waals surface area contributed by atoms with Gasteiger partial charge in [0.1, 0.15) is 5.82 Å². The predicted octanol–water partition coefficient (Wildman–Crippen LogP) is 3.30. The van der Waals surface area contributed by atoms with E-state index in [0.29, 0.717) is 0 Å². The lowest BCUT2D eigenvalue weighted by molar-refractivity contribution is 0.0946. The van der Waals surface area contributed by atoms with Gasteiger partial charge in [0.05, 0.1) is 23.3 Å². The maximum absolute atomic E-state index is 13.5. The van der Waals surface area contributed by atoms with Crippen LogP contribution in [-0.4, -0.2) is 10.9 Å². The lowest BCUT2D eigenvalue weighted by Crippen LogP contribution is -2.24. The van der Waals surface area contributed by atoms with Crippen LogP contribution in [0, 0.1) is 5.82 Å². The zero-order valence-corrected chi connectivity index (χ0v) is 11.2. The lowest BCUT2D eigenvalue weighted by Gasteiger charge is -2.06. The van der Waals surface area contributed by atoms with Crippen LogP contribution in [0.15, 0.2) is 60.7 Å². The Morgan fingerprint density at radius 3 is 2.62 bits per heavy atom. The maximum atomic E-state index is 13.5. The van der Waals surface area contributed by atoms with E-state index in [0.717, 1.165) is 16.6 Å². The molecule has 3 aromatic rings. The van der Waals surface area contributed by atoms with Gasteiger partial charge in [0.15, 0.2) is 0 Å². The second kappa shape index (κ2) is 5.71. The molecule has 3 rings (SSSR count). The fraction of sp³-hybridized carbons (Fsp3) is 0.0588. The van der Waals surface area contributed by atoms with Gasteiger partial charge in [-0.15, -0.1) is 0 Å². The Hall–Kier alpha value is -2.75. The molecule has 1 heterocycles. The highest BCUT2D eigenvalue weighted by Crippen LogP contribution is 2.12. The summed E-state index contributed by atoms with van der Waals surface area (Å²) in [7, 11) is 0. The summed E-state index contributed by atoms with van der Waals surface area (Å²) in [5, 5.41) is 3.72. The fourth-order valence-corrected chi connectivity index (χ4v) is 2.12. The first-order chi connectivity index (χ1) is 10.2. The molecule has 4 heteroatoms. The van der Waals surface area contributed by atoms with E-state index >= 15 is 0 Å². The highest BCUT2D eigenvalue weighted by atomic mass is 19.1. The van der Waals surface area contributed by atoms with Crippen LogP contribution >= 0.6 is 0 Å². The Bertz CT molecular complexity index is 801. The van der Waals surface area contributed by atoms with Gasteiger partial charge in [0.25, 0.3) is 5.91 Å². The quantitative estimate of drug-likeness (QED) is 0.799. The molecule has 2 aromatic carbocycles. The zero-order valence-electron chi connectivity index (χ0n) is 11.2. The average molecular weight is 280 g/mol. The number of hydrogen-bond acceptors (Lipinski definition) is 2. The smallest absolute Gasteiger partial charge is 0.254 e. The molecular formula is C17H13FN2O. The van der Waals surface area contributed by atoms with Crippen LogP contribution < -0.4 is 5.32 Å². The topological polar surface area (TPSA) is 42.0 Å². The number of para-hydroxylation sites is 1. The van der Waals surface area contributed by atoms with Gasteiger partial charge in [-0.1, -0.05) is 36.4 Å². The number of aromatic nitrogens is 1. The standard InChI is InChI=1S/C17H13FN2O/c18-15-7-3-2-6-14(15)17(21)19-11-13-10-9-12-5-1-4-8-16(12)20-13/h1-10H,11H2,(H,19,21). The highest BCUT2D eigenvalue weighted by Gasteiger charge is 2.10. The number of halogens is 1. The van der Waals surface area contributed by atoms with Crippen molar-refractivity contribution in [1.29, 1.82) is 0 Å². The number of hydrogen-bond donors (Lipinski definition) is 1. The van der Waals surface area contributed by atoms with Gasteiger partial charge in [-0.05, 0) is 24.3 Å². The second-order valence-electron chi connectivity index (χ2n) is 4.66. The van der Waals surface area contributed by atoms with Crippen LogP contribution in [0.2, 0.25) is 0 Å². The van der Waals surface area contributed by atoms with E-state index in [1.807, 2.05) is 36.4 Å². The molecule has 1 amide bonds. The number of nitrogens with one attached hydrogen (secondary N) is 1. The largest absolute Gasteiger partial charge is 0.346 e. The average Bonchev–Trinajstić information content (AvgIpc) is 2.53. The molecular weight excluding hydrogens is 267 g/mol. The van der Waals surface area contributed by atoms with Gasteiger partial charge in [-0.2, -0.15) is 0 Å². The molecule has 0 fully saturated rings. The normalized spacial score (nSPS) is 10.5. The minimum absolute atomic E-state index is 0.0401. The van der Waals surface area contributed by atoms with Crippen molar-refractivity contribution < 1.29 is 9.18 Å². The summed E-state index contributed by atoms with van der Waals surface area (Å²) in [5.41, 5.74) is 1.65. The van der Waals surface area contributed by atoms with Crippen LogP contribution in [0.3, 0.4) is 0 Å². The van der Waals surface area contributed by atoms with Gasteiger partial charge >= 0.3 is 0 Å². The first kappa shape index (κ1) is 13.2. The molecule has 104 valence electrons. The summed E-state index contributed by atoms with van der Waals surface area (Å²) in [6.45, 7) is 0.262. The van der Waals surface area contributed by atoms with Crippen molar-refractivity contribution in [3.63, 3.8) is 0 Å². The Labute approximate surface area is 121 Å². The molecule has 0 radical (unpaired) electrons. The van der Waals surface area contributed by atoms with E-state index in [9.17, 15) is 9.18 Å². The van der Waals surface area contributed by atoms with E-state index in [-0.39, 0.29) is 12.1 Å². The minimum atomic E-state index is -0.526. The third-order valence-corrected chi connectivity index (χ3v) is 3.20. The molecule has 21 heavy (non-hydrogen) atoms. The Morgan fingerprint density at radius 2 is 1.76 bits per heavy atom. The van der Waals surface area contributed by atoms with E-state index in [4.69, 9.17) is 0 Å². The summed E-state index contributed by atoms with van der Waals surface area (Å²) in [4.78, 5) is 16.4. The Balaban J connectivity index is 1.74. The van der Waals surface area contributed by atoms with Crippen molar-refractivity contribution in [2.45, 2.75) is 6.54 Å². The van der Waals surface area contributed by atoms with Gasteiger partial charge in [-0.3, -0.25) is 9.78 Å². The molecule has 1 aromatic heterocycles. The third kappa shape index (κ3) is 2.89. The molecule has 0 aliphatic rings. The molecule has 0 aliphatic heterocycles. The summed E-state index contributed by atoms with van der Waals surface area (Å²) in [6.07, 6.45) is 0. The summed E-state index contributed by atoms with van der Waals surface area (Å²) < 4.78 is 13.5. The zero-order chi connectivity index (χ0) is 14.7. The Kier molecular flexibility index (Phi) is 3.60. The van der Waals surface area contributed by atoms with Crippen molar-refractivity contribution in [3.8, 4) is 0 Å². The van der Waals surface area contributed by atoms with Crippen molar-refractivity contribution >= 4 is 16.8 Å². The van der Waals surface area contributed by atoms with Crippen LogP contribution in [-0.2, 0) is 6.54 Å². The van der Waals surface area contributed by atoms with Gasteiger partial charge in [-0.25, -0.2) is 4.39 Å². The first-order valence-corrected chi connectivity index (χ1v) is 6.61. The number of nitrogens with zero attached hydrogens (tertiary/aromatic N) is 1. The van der Waals surface area contributed by atoms with E-state index in [2.05, 4.69) is 10.3 Å². The summed E-state index contributed by atoms with van der Waals surface area (Å²) >= 11 is 0. The third-order valence-electron chi connectivity index (χ3n) is 3.20. The number of rotatable bonds is 3. The predicted molar refractivity (Wildman–Crippen MR) is 79.3 cm³/mol. The summed E-state index contributed by atoms with van der Waals surface area (Å²) in [6, 6.07) is 17.5. The number of pyridine rings is 1. The number of carbonyl (C=O) groups excluding carboxylic acids is 1. The van der Waals surface area contributed by atoms with Crippen LogP contribution in [0.25, 0.3) is 10.9 Å². The van der Waals surface area contributed by atoms with Crippen LogP contribution in [0.5, 0.6) is 0 Å². The minimum Gasteiger partial charge on any atom is -0.346 e. The number of benzene rings is 2. The van der Waals surface area contributed by atoms with Crippen LogP contribution in [0.1, 0.15) is 16.1 Å². The lowest BCUT2D eigenvalue weighted by atomic mass is 10.2. The number of fused-ring (bicyclic) bond motifs is 1. The second-order valence-corrected chi connectivity index (χ2v) is 4.66. The fourth-order valence-electron chi connectivity index (χ4n) is 2.12. The van der Waals surface area contributed by atoms with Crippen molar-refractivity contribution in [3.05, 3.63) is 77.7 Å². The number of carbonyl (C=O) groups is 1. The molecule has 0 bridgehead atoms. The summed E-state index contributed by atoms with van der Waals surface area (Å²) in [5.74, 6) is -0.968. The molecule has 0 aliphatic carbocycles. The van der Waals surface area contributed by atoms with Gasteiger partial charge in [0, 0.05) is 5.39 Å². The molecule has 0 saturated heterocycles. The van der Waals surface area contributed by atoms with Gasteiger partial charge < -0.3 is 5.32 Å². The monoisotopic (exact) mass is 280 g/mol. The number of amides is 1. The van der Waals surface area contributed by atoms with Gasteiger partial charge in [0.2, 0.25) is 0 Å². The van der Waals surface area contributed by atoms with E-state index in [1.54, 1.807) is 12.1 Å². The molecule has 0 spiro atoms. The molecule has 3 nitrogen and oxygen atoms in total. The van der Waals surface area contributed by atoms with E-state index < -0.39 is 11.7 Å². The van der Waals surface area contributed by atoms with Crippen molar-refractivity contribution in [2.24, 2.45) is 0 Å². The SMILES string of the molecule is O=C(NCc1ccc2ccccc2n1)c1ccccc1F. The van der Waals surface area contributed by atoms with Crippen molar-refractivity contribution in [2.75, 3.05) is 0 Å². The maximum Gasteiger partial charge on any atom is 0.254 e. The Morgan fingerprint density at radius 1 is 1.00 bits per heavy atom.